The van der Waals surface area contributed by atoms with Gasteiger partial charge in [0.15, 0.2) is 11.6 Å². The summed E-state index contributed by atoms with van der Waals surface area (Å²) in [5, 5.41) is 9.23. The molecule has 242 valence electrons. The summed E-state index contributed by atoms with van der Waals surface area (Å²) in [4.78, 5) is 8.91. The fourth-order valence-electron chi connectivity index (χ4n) is 4.81. The quantitative estimate of drug-likeness (QED) is 0.121. The first kappa shape index (κ1) is 36.3. The van der Waals surface area contributed by atoms with Crippen LogP contribution in [0.2, 0.25) is 12.1 Å². The van der Waals surface area contributed by atoms with E-state index in [1.807, 2.05) is 41.5 Å². The predicted molar refractivity (Wildman–Crippen MR) is 166 cm³/mol. The smallest absolute Gasteiger partial charge is 0.374 e. The van der Waals surface area contributed by atoms with Crippen LogP contribution >= 0.6 is 0 Å². The summed E-state index contributed by atoms with van der Waals surface area (Å²) in [6.07, 6.45) is 4.78. The summed E-state index contributed by atoms with van der Waals surface area (Å²) < 4.78 is 39.1. The van der Waals surface area contributed by atoms with Crippen molar-refractivity contribution in [3.05, 3.63) is 11.6 Å². The van der Waals surface area contributed by atoms with Gasteiger partial charge in [0.2, 0.25) is 11.9 Å². The molecule has 2 aromatic heterocycles. The lowest BCUT2D eigenvalue weighted by Crippen LogP contribution is -2.46. The van der Waals surface area contributed by atoms with Crippen molar-refractivity contribution in [1.29, 1.82) is 0 Å². The van der Waals surface area contributed by atoms with Gasteiger partial charge in [0.05, 0.1) is 0 Å². The van der Waals surface area contributed by atoms with E-state index in [0.29, 0.717) is 76.7 Å². The molecule has 0 aromatic carbocycles. The van der Waals surface area contributed by atoms with Gasteiger partial charge in [-0.05, 0) is 67.2 Å². The average Bonchev–Trinajstić information content (AvgIpc) is 3.48. The van der Waals surface area contributed by atoms with Crippen LogP contribution in [0.1, 0.15) is 78.9 Å². The molecule has 0 radical (unpaired) electrons. The Balaban J connectivity index is 1.80. The summed E-state index contributed by atoms with van der Waals surface area (Å²) in [5.41, 5.74) is 12.3. The Morgan fingerprint density at radius 3 is 1.12 bits per heavy atom. The highest BCUT2D eigenvalue weighted by Crippen LogP contribution is 2.21. The maximum absolute atomic E-state index is 6.15. The van der Waals surface area contributed by atoms with Crippen LogP contribution in [0.5, 0.6) is 0 Å². The van der Waals surface area contributed by atoms with E-state index in [1.165, 1.54) is 0 Å². The van der Waals surface area contributed by atoms with Crippen LogP contribution in [0, 0.1) is 0 Å². The third kappa shape index (κ3) is 11.6. The lowest BCUT2D eigenvalue weighted by atomic mass is 10.2. The number of hydrogen-bond donors (Lipinski definition) is 2. The molecular weight excluding hydrogens is 577 g/mol. The number of nitrogens with two attached hydrogens (primary N) is 2. The Labute approximate surface area is 253 Å². The Kier molecular flexibility index (Phi) is 16.7. The molecule has 0 aliphatic heterocycles. The molecule has 2 aromatic rings. The molecule has 0 bridgehead atoms. The van der Waals surface area contributed by atoms with Gasteiger partial charge in [-0.15, -0.1) is 0 Å². The Hall–Kier alpha value is -1.93. The molecule has 0 amide bonds. The molecule has 0 aliphatic carbocycles. The molecule has 0 atom stereocenters. The number of aromatic nitrogens is 6. The lowest BCUT2D eigenvalue weighted by molar-refractivity contribution is 0.0696. The Morgan fingerprint density at radius 2 is 0.833 bits per heavy atom. The lowest BCUT2D eigenvalue weighted by Gasteiger charge is -2.28. The van der Waals surface area contributed by atoms with E-state index < -0.39 is 17.6 Å². The van der Waals surface area contributed by atoms with Crippen molar-refractivity contribution >= 4 is 29.5 Å². The van der Waals surface area contributed by atoms with Crippen LogP contribution in [0.15, 0.2) is 0 Å². The number of anilines is 2. The van der Waals surface area contributed by atoms with Gasteiger partial charge in [0.25, 0.3) is 0 Å². The number of nitrogens with zero attached hydrogens (tertiary/aromatic N) is 6. The zero-order chi connectivity index (χ0) is 30.8. The molecule has 16 heteroatoms. The van der Waals surface area contributed by atoms with E-state index in [4.69, 9.17) is 38.0 Å². The summed E-state index contributed by atoms with van der Waals surface area (Å²) >= 11 is 0. The molecule has 4 N–H and O–H groups in total. The van der Waals surface area contributed by atoms with Crippen LogP contribution in [-0.4, -0.2) is 86.8 Å². The monoisotopic (exact) mass is 630 g/mol. The fraction of sp³-hybridized carbons (Fsp3) is 0.846. The molecule has 0 aliphatic rings. The summed E-state index contributed by atoms with van der Waals surface area (Å²) in [5.74, 6) is 2.30. The van der Waals surface area contributed by atoms with Crippen molar-refractivity contribution < 1.29 is 26.6 Å². The fourth-order valence-corrected chi connectivity index (χ4v) is 9.99. The van der Waals surface area contributed by atoms with Crippen LogP contribution < -0.4 is 11.5 Å². The van der Waals surface area contributed by atoms with Crippen molar-refractivity contribution in [2.75, 3.05) is 51.1 Å². The molecule has 0 saturated carbocycles. The maximum Gasteiger partial charge on any atom is 0.500 e. The zero-order valence-corrected chi connectivity index (χ0v) is 28.6. The molecule has 42 heavy (non-hydrogen) atoms. The van der Waals surface area contributed by atoms with Gasteiger partial charge >= 0.3 is 17.6 Å². The average molecular weight is 631 g/mol. The molecule has 2 heterocycles. The topological polar surface area (TPSA) is 169 Å². The Morgan fingerprint density at radius 1 is 0.524 bits per heavy atom. The second-order valence-electron chi connectivity index (χ2n) is 9.60. The summed E-state index contributed by atoms with van der Waals surface area (Å²) in [7, 11) is -5.37. The predicted octanol–water partition coefficient (Wildman–Crippen LogP) is 3.48. The molecule has 14 nitrogen and oxygen atoms in total. The van der Waals surface area contributed by atoms with Crippen molar-refractivity contribution in [2.45, 2.75) is 105 Å². The van der Waals surface area contributed by atoms with Gasteiger partial charge in [-0.2, -0.15) is 20.2 Å². The Bertz CT molecular complexity index is 899. The highest BCUT2D eigenvalue weighted by atomic mass is 28.4. The second-order valence-corrected chi connectivity index (χ2v) is 15.1. The largest absolute Gasteiger partial charge is 0.500 e. The van der Waals surface area contributed by atoms with Crippen LogP contribution in [0.4, 0.5) is 11.9 Å². The third-order valence-corrected chi connectivity index (χ3v) is 12.7. The minimum Gasteiger partial charge on any atom is -0.374 e. The first-order valence-electron chi connectivity index (χ1n) is 15.5. The maximum atomic E-state index is 6.15. The number of nitrogen functional groups attached to an aromatic ring is 2. The SMILES string of the molecule is CCO[Si](CCCn1nc(CCCCc2nc(N)n(CCC[Si](OCC)(OCC)OCC)n2)nc1N)(OCC)OCC. The van der Waals surface area contributed by atoms with Crippen LogP contribution in [-0.2, 0) is 52.5 Å². The standard InChI is InChI=1S/C26H54N8O6Si2/c1-7-35-41(36-8-2,37-9-3)21-15-19-33-25(27)29-23(31-33)17-13-14-18-24-30-26(28)34(32-24)20-16-22-42(38-10-4,39-11-5)40-12-6/h7-22H2,1-6H3,(H2,27,29,31)(H2,28,30,32). The third-order valence-electron chi connectivity index (χ3n) is 6.43. The van der Waals surface area contributed by atoms with Crippen molar-refractivity contribution in [3.8, 4) is 0 Å². The number of rotatable bonds is 25. The molecule has 0 saturated heterocycles. The minimum atomic E-state index is -2.69. The minimum absolute atomic E-state index is 0.416. The molecule has 2 rings (SSSR count). The highest BCUT2D eigenvalue weighted by molar-refractivity contribution is 6.61. The zero-order valence-electron chi connectivity index (χ0n) is 26.6. The number of unbranched alkanes of at least 4 members (excludes halogenated alkanes) is 1. The number of aryl methyl sites for hydroxylation is 4. The van der Waals surface area contributed by atoms with Crippen LogP contribution in [0.25, 0.3) is 0 Å². The van der Waals surface area contributed by atoms with E-state index in [-0.39, 0.29) is 0 Å². The van der Waals surface area contributed by atoms with Gasteiger partial charge in [0.1, 0.15) is 0 Å². The van der Waals surface area contributed by atoms with Crippen molar-refractivity contribution in [1.82, 2.24) is 29.5 Å². The van der Waals surface area contributed by atoms with Crippen molar-refractivity contribution in [2.24, 2.45) is 0 Å². The number of hydrogen-bond acceptors (Lipinski definition) is 12. The van der Waals surface area contributed by atoms with E-state index in [2.05, 4.69) is 20.2 Å². The van der Waals surface area contributed by atoms with E-state index in [0.717, 1.165) is 50.2 Å². The first-order chi connectivity index (χ1) is 20.3. The first-order valence-corrected chi connectivity index (χ1v) is 19.4. The second kappa shape index (κ2) is 19.4. The summed E-state index contributed by atoms with van der Waals surface area (Å²) in [6.45, 7) is 16.4. The van der Waals surface area contributed by atoms with Gasteiger partial charge < -0.3 is 38.0 Å². The van der Waals surface area contributed by atoms with E-state index in [1.54, 1.807) is 9.36 Å². The van der Waals surface area contributed by atoms with Crippen molar-refractivity contribution in [3.63, 3.8) is 0 Å². The van der Waals surface area contributed by atoms with Gasteiger partial charge in [-0.25, -0.2) is 9.36 Å². The van der Waals surface area contributed by atoms with Gasteiger partial charge in [-0.1, -0.05) is 0 Å². The van der Waals surface area contributed by atoms with E-state index >= 15 is 0 Å². The molecule has 0 spiro atoms. The highest BCUT2D eigenvalue weighted by Gasteiger charge is 2.40. The summed E-state index contributed by atoms with van der Waals surface area (Å²) in [6, 6.07) is 1.41. The van der Waals surface area contributed by atoms with Crippen LogP contribution in [0.3, 0.4) is 0 Å². The molecule has 0 fully saturated rings. The molecular formula is C26H54N8O6Si2. The van der Waals surface area contributed by atoms with Gasteiger partial charge in [0, 0.05) is 77.7 Å². The normalized spacial score (nSPS) is 12.4. The van der Waals surface area contributed by atoms with Gasteiger partial charge in [-0.3, -0.25) is 0 Å². The van der Waals surface area contributed by atoms with E-state index in [9.17, 15) is 0 Å². The molecule has 0 unspecified atom stereocenters.